The molecule has 0 atom stereocenters. The van der Waals surface area contributed by atoms with Crippen LogP contribution in [0.4, 0.5) is 0 Å². The molecule has 0 unspecified atom stereocenters. The van der Waals surface area contributed by atoms with Crippen LogP contribution in [0, 0.1) is 17.8 Å². The summed E-state index contributed by atoms with van der Waals surface area (Å²) in [6.07, 6.45) is 42.0. The fourth-order valence-corrected chi connectivity index (χ4v) is 8.48. The molecule has 1 aliphatic rings. The van der Waals surface area contributed by atoms with E-state index in [1.165, 1.54) is 212 Å². The largest absolute Gasteiger partial charge is 0.466 e. The summed E-state index contributed by atoms with van der Waals surface area (Å²) in [6, 6.07) is 0. The van der Waals surface area contributed by atoms with E-state index in [0.717, 1.165) is 18.8 Å². The van der Waals surface area contributed by atoms with E-state index in [1.54, 1.807) is 0 Å². The highest BCUT2D eigenvalue weighted by molar-refractivity contribution is 5.70. The Morgan fingerprint density at radius 3 is 1.06 bits per heavy atom. The molecule has 314 valence electrons. The zero-order valence-electron chi connectivity index (χ0n) is 36.4. The number of rotatable bonds is 40. The number of carbonyl (C=O) groups is 2. The summed E-state index contributed by atoms with van der Waals surface area (Å²) in [5.74, 6) is 2.01. The van der Waals surface area contributed by atoms with Crippen molar-refractivity contribution in [3.05, 3.63) is 0 Å². The number of ether oxygens (including phenoxy) is 2. The molecule has 0 radical (unpaired) electrons. The van der Waals surface area contributed by atoms with Crippen LogP contribution in [0.25, 0.3) is 0 Å². The summed E-state index contributed by atoms with van der Waals surface area (Å²) < 4.78 is 11.2. The lowest BCUT2D eigenvalue weighted by molar-refractivity contribution is -0.146. The minimum absolute atomic E-state index is 0.0352. The van der Waals surface area contributed by atoms with Crippen LogP contribution >= 0.6 is 0 Å². The molecular weight excluding hydrogens is 655 g/mol. The molecule has 5 nitrogen and oxygen atoms in total. The molecule has 0 aromatic carbocycles. The van der Waals surface area contributed by atoms with Crippen molar-refractivity contribution in [2.75, 3.05) is 32.8 Å². The first kappa shape index (κ1) is 49.9. The Morgan fingerprint density at radius 2 is 0.717 bits per heavy atom. The van der Waals surface area contributed by atoms with Gasteiger partial charge in [-0.2, -0.15) is 0 Å². The Kier molecular flexibility index (Phi) is 35.6. The highest BCUT2D eigenvalue weighted by Gasteiger charge is 2.18. The van der Waals surface area contributed by atoms with Gasteiger partial charge in [0.2, 0.25) is 0 Å². The molecule has 0 amide bonds. The first-order chi connectivity index (χ1) is 26.0. The second-order valence-electron chi connectivity index (χ2n) is 17.3. The standard InChI is InChI=1S/C48H93NO4/c1-5-9-31-44(32-10-6-2)41-47(50)52-39-29-23-19-15-13-17-21-25-35-46(43-49-37-27-28-38-49)36-26-22-18-14-16-20-24-30-40-53-48(51)42-45(33-11-7-3)34-12-8-4/h44-46H,5-43H2,1-4H3. The molecule has 0 spiro atoms. The molecule has 0 N–H and O–H groups in total. The van der Waals surface area contributed by atoms with Crippen molar-refractivity contribution in [3.63, 3.8) is 0 Å². The van der Waals surface area contributed by atoms with Crippen molar-refractivity contribution in [1.82, 2.24) is 4.90 Å². The molecule has 1 heterocycles. The van der Waals surface area contributed by atoms with Crippen LogP contribution in [0.1, 0.15) is 246 Å². The minimum atomic E-state index is 0.0352. The normalized spacial score (nSPS) is 13.6. The van der Waals surface area contributed by atoms with Crippen molar-refractivity contribution in [3.8, 4) is 0 Å². The van der Waals surface area contributed by atoms with Crippen molar-refractivity contribution < 1.29 is 19.1 Å². The van der Waals surface area contributed by atoms with Crippen LogP contribution < -0.4 is 0 Å². The minimum Gasteiger partial charge on any atom is -0.466 e. The molecule has 5 heteroatoms. The van der Waals surface area contributed by atoms with E-state index in [0.29, 0.717) is 37.9 Å². The third-order valence-electron chi connectivity index (χ3n) is 12.0. The Bertz CT molecular complexity index is 724. The highest BCUT2D eigenvalue weighted by atomic mass is 16.5. The van der Waals surface area contributed by atoms with Gasteiger partial charge in [0.05, 0.1) is 13.2 Å². The van der Waals surface area contributed by atoms with Gasteiger partial charge in [-0.1, -0.05) is 169 Å². The molecule has 0 aromatic rings. The zero-order valence-corrected chi connectivity index (χ0v) is 36.4. The quantitative estimate of drug-likeness (QED) is 0.0461. The van der Waals surface area contributed by atoms with Crippen molar-refractivity contribution in [2.45, 2.75) is 246 Å². The van der Waals surface area contributed by atoms with Crippen molar-refractivity contribution in [2.24, 2.45) is 17.8 Å². The van der Waals surface area contributed by atoms with E-state index in [2.05, 4.69) is 32.6 Å². The van der Waals surface area contributed by atoms with Crippen LogP contribution in [0.5, 0.6) is 0 Å². The fraction of sp³-hybridized carbons (Fsp3) is 0.958. The van der Waals surface area contributed by atoms with Crippen LogP contribution in [0.3, 0.4) is 0 Å². The van der Waals surface area contributed by atoms with E-state index in [-0.39, 0.29) is 11.9 Å². The van der Waals surface area contributed by atoms with Gasteiger partial charge < -0.3 is 14.4 Å². The lowest BCUT2D eigenvalue weighted by atomic mass is 9.93. The highest BCUT2D eigenvalue weighted by Crippen LogP contribution is 2.24. The number of carbonyl (C=O) groups excluding carboxylic acids is 2. The zero-order chi connectivity index (χ0) is 38.5. The molecule has 53 heavy (non-hydrogen) atoms. The lowest BCUT2D eigenvalue weighted by Crippen LogP contribution is -2.26. The second kappa shape index (κ2) is 37.8. The molecule has 0 aromatic heterocycles. The van der Waals surface area contributed by atoms with Gasteiger partial charge in [-0.3, -0.25) is 9.59 Å². The maximum absolute atomic E-state index is 12.3. The SMILES string of the molecule is CCCCC(CCCC)CC(=O)OCCCCCCCCCCC(CCCCCCCCCCOC(=O)CC(CCCC)CCCC)CN1CCCC1. The van der Waals surface area contributed by atoms with E-state index in [1.807, 2.05) is 0 Å². The summed E-state index contributed by atoms with van der Waals surface area (Å²) in [6.45, 7) is 14.2. The van der Waals surface area contributed by atoms with Gasteiger partial charge in [0, 0.05) is 19.4 Å². The molecule has 0 saturated carbocycles. The summed E-state index contributed by atoms with van der Waals surface area (Å²) in [5.41, 5.74) is 0. The Balaban J connectivity index is 2.05. The van der Waals surface area contributed by atoms with Crippen LogP contribution in [-0.2, 0) is 19.1 Å². The number of unbranched alkanes of at least 4 members (excludes halogenated alkanes) is 18. The van der Waals surface area contributed by atoms with Gasteiger partial charge >= 0.3 is 11.9 Å². The van der Waals surface area contributed by atoms with Crippen molar-refractivity contribution >= 4 is 11.9 Å². The van der Waals surface area contributed by atoms with Crippen molar-refractivity contribution in [1.29, 1.82) is 0 Å². The van der Waals surface area contributed by atoms with Gasteiger partial charge in [0.25, 0.3) is 0 Å². The third-order valence-corrected chi connectivity index (χ3v) is 12.0. The second-order valence-corrected chi connectivity index (χ2v) is 17.3. The molecule has 1 fully saturated rings. The first-order valence-corrected chi connectivity index (χ1v) is 24.1. The number of hydrogen-bond donors (Lipinski definition) is 0. The van der Waals surface area contributed by atoms with Gasteiger partial charge in [-0.05, 0) is 95.1 Å². The van der Waals surface area contributed by atoms with Gasteiger partial charge in [0.1, 0.15) is 0 Å². The molecule has 1 aliphatic heterocycles. The number of esters is 2. The van der Waals surface area contributed by atoms with Gasteiger partial charge in [0.15, 0.2) is 0 Å². The predicted molar refractivity (Wildman–Crippen MR) is 229 cm³/mol. The first-order valence-electron chi connectivity index (χ1n) is 24.1. The molecule has 1 saturated heterocycles. The van der Waals surface area contributed by atoms with Gasteiger partial charge in [-0.15, -0.1) is 0 Å². The number of nitrogens with zero attached hydrogens (tertiary/aromatic N) is 1. The van der Waals surface area contributed by atoms with E-state index in [4.69, 9.17) is 9.47 Å². The Morgan fingerprint density at radius 1 is 0.415 bits per heavy atom. The predicted octanol–water partition coefficient (Wildman–Crippen LogP) is 14.6. The monoisotopic (exact) mass is 748 g/mol. The molecular formula is C48H93NO4. The molecule has 0 bridgehead atoms. The van der Waals surface area contributed by atoms with E-state index < -0.39 is 0 Å². The Hall–Kier alpha value is -1.10. The average molecular weight is 748 g/mol. The smallest absolute Gasteiger partial charge is 0.306 e. The maximum Gasteiger partial charge on any atom is 0.306 e. The van der Waals surface area contributed by atoms with Gasteiger partial charge in [-0.25, -0.2) is 0 Å². The summed E-state index contributed by atoms with van der Waals surface area (Å²) >= 11 is 0. The fourth-order valence-electron chi connectivity index (χ4n) is 8.48. The summed E-state index contributed by atoms with van der Waals surface area (Å²) in [7, 11) is 0. The average Bonchev–Trinajstić information content (AvgIpc) is 3.67. The lowest BCUT2D eigenvalue weighted by Gasteiger charge is -2.23. The molecule has 1 rings (SSSR count). The number of hydrogen-bond acceptors (Lipinski definition) is 5. The number of likely N-dealkylation sites (tertiary alicyclic amines) is 1. The third kappa shape index (κ3) is 31.8. The van der Waals surface area contributed by atoms with Crippen LogP contribution in [0.2, 0.25) is 0 Å². The van der Waals surface area contributed by atoms with E-state index in [9.17, 15) is 9.59 Å². The maximum atomic E-state index is 12.3. The molecule has 0 aliphatic carbocycles. The van der Waals surface area contributed by atoms with E-state index >= 15 is 0 Å². The Labute approximate surface area is 331 Å². The van der Waals surface area contributed by atoms with Crippen LogP contribution in [0.15, 0.2) is 0 Å². The summed E-state index contributed by atoms with van der Waals surface area (Å²) in [4.78, 5) is 27.4. The topological polar surface area (TPSA) is 55.8 Å². The van der Waals surface area contributed by atoms with Crippen LogP contribution in [-0.4, -0.2) is 49.7 Å². The summed E-state index contributed by atoms with van der Waals surface area (Å²) in [5, 5.41) is 0.